The summed E-state index contributed by atoms with van der Waals surface area (Å²) in [7, 11) is 2.06. The smallest absolute Gasteiger partial charge is 0.0369 e. The Bertz CT molecular complexity index is 348. The highest BCUT2D eigenvalue weighted by Gasteiger charge is 2.31. The largest absolute Gasteiger partial charge is 0.370 e. The van der Waals surface area contributed by atoms with E-state index in [1.54, 1.807) is 0 Å². The molecule has 0 bridgehead atoms. The third-order valence-electron chi connectivity index (χ3n) is 3.44. The SMILES string of the molecule is CNC1(C)CCN(c2cccc(C)c2)C1. The maximum atomic E-state index is 3.41. The molecule has 2 rings (SSSR count). The molecule has 2 nitrogen and oxygen atoms in total. The molecule has 1 fully saturated rings. The van der Waals surface area contributed by atoms with Gasteiger partial charge in [-0.15, -0.1) is 0 Å². The first-order chi connectivity index (χ1) is 7.13. The van der Waals surface area contributed by atoms with Crippen LogP contribution in [0.15, 0.2) is 24.3 Å². The molecule has 82 valence electrons. The Labute approximate surface area is 92.3 Å². The minimum absolute atomic E-state index is 0.281. The van der Waals surface area contributed by atoms with Crippen LogP contribution in [0.3, 0.4) is 0 Å². The van der Waals surface area contributed by atoms with Gasteiger partial charge in [-0.1, -0.05) is 12.1 Å². The van der Waals surface area contributed by atoms with Crippen LogP contribution in [0.5, 0.6) is 0 Å². The molecule has 1 aliphatic rings. The zero-order valence-corrected chi connectivity index (χ0v) is 9.88. The minimum atomic E-state index is 0.281. The summed E-state index contributed by atoms with van der Waals surface area (Å²) >= 11 is 0. The lowest BCUT2D eigenvalue weighted by atomic mass is 10.0. The monoisotopic (exact) mass is 204 g/mol. The summed E-state index contributed by atoms with van der Waals surface area (Å²) in [6.45, 7) is 6.70. The second-order valence-corrected chi connectivity index (χ2v) is 4.82. The van der Waals surface area contributed by atoms with Crippen molar-refractivity contribution in [2.45, 2.75) is 25.8 Å². The van der Waals surface area contributed by atoms with Gasteiger partial charge in [0.2, 0.25) is 0 Å². The van der Waals surface area contributed by atoms with E-state index in [1.807, 2.05) is 0 Å². The molecule has 1 aromatic carbocycles. The molecule has 1 aromatic rings. The number of benzene rings is 1. The van der Waals surface area contributed by atoms with Crippen LogP contribution in [-0.4, -0.2) is 25.7 Å². The molecule has 1 aliphatic heterocycles. The number of anilines is 1. The molecule has 1 heterocycles. The molecule has 0 aliphatic carbocycles. The van der Waals surface area contributed by atoms with E-state index >= 15 is 0 Å². The van der Waals surface area contributed by atoms with Gasteiger partial charge in [0.05, 0.1) is 0 Å². The van der Waals surface area contributed by atoms with E-state index in [0.29, 0.717) is 0 Å². The molecule has 0 aromatic heterocycles. The maximum Gasteiger partial charge on any atom is 0.0369 e. The molecular formula is C13H20N2. The number of hydrogen-bond donors (Lipinski definition) is 1. The van der Waals surface area contributed by atoms with Crippen LogP contribution in [0, 0.1) is 6.92 Å². The fourth-order valence-corrected chi connectivity index (χ4v) is 2.21. The quantitative estimate of drug-likeness (QED) is 0.794. The van der Waals surface area contributed by atoms with Crippen LogP contribution in [0.4, 0.5) is 5.69 Å². The molecule has 0 spiro atoms. The fraction of sp³-hybridized carbons (Fsp3) is 0.538. The van der Waals surface area contributed by atoms with Gasteiger partial charge in [0.15, 0.2) is 0 Å². The Morgan fingerprint density at radius 2 is 2.20 bits per heavy atom. The molecule has 15 heavy (non-hydrogen) atoms. The highest BCUT2D eigenvalue weighted by molar-refractivity contribution is 5.50. The Hall–Kier alpha value is -1.02. The predicted molar refractivity (Wildman–Crippen MR) is 65.5 cm³/mol. The summed E-state index contributed by atoms with van der Waals surface area (Å²) in [6.07, 6.45) is 1.22. The topological polar surface area (TPSA) is 15.3 Å². The lowest BCUT2D eigenvalue weighted by Gasteiger charge is -2.25. The number of likely N-dealkylation sites (N-methyl/N-ethyl adjacent to an activating group) is 1. The second kappa shape index (κ2) is 3.86. The first-order valence-corrected chi connectivity index (χ1v) is 5.63. The molecular weight excluding hydrogens is 184 g/mol. The summed E-state index contributed by atoms with van der Waals surface area (Å²) in [5, 5.41) is 3.41. The Balaban J connectivity index is 2.14. The van der Waals surface area contributed by atoms with Crippen LogP contribution in [0.1, 0.15) is 18.9 Å². The molecule has 1 atom stereocenters. The number of nitrogens with one attached hydrogen (secondary N) is 1. The van der Waals surface area contributed by atoms with Gasteiger partial charge in [-0.05, 0) is 45.0 Å². The molecule has 0 saturated carbocycles. The molecule has 1 N–H and O–H groups in total. The Kier molecular flexibility index (Phi) is 2.70. The van der Waals surface area contributed by atoms with Gasteiger partial charge in [-0.2, -0.15) is 0 Å². The first-order valence-electron chi connectivity index (χ1n) is 5.63. The van der Waals surface area contributed by atoms with E-state index < -0.39 is 0 Å². The van der Waals surface area contributed by atoms with E-state index in [-0.39, 0.29) is 5.54 Å². The number of rotatable bonds is 2. The van der Waals surface area contributed by atoms with Crippen LogP contribution < -0.4 is 10.2 Å². The van der Waals surface area contributed by atoms with E-state index in [0.717, 1.165) is 13.1 Å². The van der Waals surface area contributed by atoms with Gasteiger partial charge in [-0.25, -0.2) is 0 Å². The maximum absolute atomic E-state index is 3.41. The molecule has 1 unspecified atom stereocenters. The van der Waals surface area contributed by atoms with Crippen molar-refractivity contribution in [2.75, 3.05) is 25.0 Å². The van der Waals surface area contributed by atoms with Crippen molar-refractivity contribution in [3.63, 3.8) is 0 Å². The average Bonchev–Trinajstić information content (AvgIpc) is 2.62. The van der Waals surface area contributed by atoms with Gasteiger partial charge in [-0.3, -0.25) is 0 Å². The summed E-state index contributed by atoms with van der Waals surface area (Å²) in [4.78, 5) is 2.46. The fourth-order valence-electron chi connectivity index (χ4n) is 2.21. The highest BCUT2D eigenvalue weighted by atomic mass is 15.2. The Morgan fingerprint density at radius 3 is 2.80 bits per heavy atom. The van der Waals surface area contributed by atoms with Crippen LogP contribution in [-0.2, 0) is 0 Å². The van der Waals surface area contributed by atoms with Crippen molar-refractivity contribution < 1.29 is 0 Å². The summed E-state index contributed by atoms with van der Waals surface area (Å²) < 4.78 is 0. The normalized spacial score (nSPS) is 25.9. The van der Waals surface area contributed by atoms with Crippen LogP contribution >= 0.6 is 0 Å². The summed E-state index contributed by atoms with van der Waals surface area (Å²) in [5.74, 6) is 0. The first kappa shape index (κ1) is 10.5. The average molecular weight is 204 g/mol. The van der Waals surface area contributed by atoms with Crippen molar-refractivity contribution in [1.82, 2.24) is 5.32 Å². The lowest BCUT2D eigenvalue weighted by molar-refractivity contribution is 0.428. The zero-order valence-electron chi connectivity index (χ0n) is 9.88. The number of aryl methyl sites for hydroxylation is 1. The van der Waals surface area contributed by atoms with Crippen LogP contribution in [0.2, 0.25) is 0 Å². The number of hydrogen-bond acceptors (Lipinski definition) is 2. The second-order valence-electron chi connectivity index (χ2n) is 4.82. The zero-order chi connectivity index (χ0) is 10.9. The van der Waals surface area contributed by atoms with Crippen molar-refractivity contribution in [1.29, 1.82) is 0 Å². The number of nitrogens with zero attached hydrogens (tertiary/aromatic N) is 1. The molecule has 0 radical (unpaired) electrons. The van der Waals surface area contributed by atoms with Gasteiger partial charge in [0.25, 0.3) is 0 Å². The van der Waals surface area contributed by atoms with Crippen molar-refractivity contribution >= 4 is 5.69 Å². The van der Waals surface area contributed by atoms with Crippen molar-refractivity contribution in [3.8, 4) is 0 Å². The van der Waals surface area contributed by atoms with Crippen molar-refractivity contribution in [2.24, 2.45) is 0 Å². The summed E-state index contributed by atoms with van der Waals surface area (Å²) in [5.41, 5.74) is 2.98. The van der Waals surface area contributed by atoms with Crippen LogP contribution in [0.25, 0.3) is 0 Å². The predicted octanol–water partition coefficient (Wildman–Crippen LogP) is 2.18. The molecule has 0 amide bonds. The van der Waals surface area contributed by atoms with Crippen molar-refractivity contribution in [3.05, 3.63) is 29.8 Å². The van der Waals surface area contributed by atoms with Gasteiger partial charge >= 0.3 is 0 Å². The van der Waals surface area contributed by atoms with E-state index in [9.17, 15) is 0 Å². The van der Waals surface area contributed by atoms with E-state index in [2.05, 4.69) is 55.4 Å². The standard InChI is InChI=1S/C13H20N2/c1-11-5-4-6-12(9-11)15-8-7-13(2,10-15)14-3/h4-6,9,14H,7-8,10H2,1-3H3. The highest BCUT2D eigenvalue weighted by Crippen LogP contribution is 2.26. The third kappa shape index (κ3) is 2.15. The van der Waals surface area contributed by atoms with E-state index in [1.165, 1.54) is 17.7 Å². The van der Waals surface area contributed by atoms with Gasteiger partial charge in [0, 0.05) is 24.3 Å². The van der Waals surface area contributed by atoms with Gasteiger partial charge in [0.1, 0.15) is 0 Å². The lowest BCUT2D eigenvalue weighted by Crippen LogP contribution is -2.42. The Morgan fingerprint density at radius 1 is 1.40 bits per heavy atom. The third-order valence-corrected chi connectivity index (χ3v) is 3.44. The van der Waals surface area contributed by atoms with E-state index in [4.69, 9.17) is 0 Å². The molecule has 1 saturated heterocycles. The molecule has 2 heteroatoms. The minimum Gasteiger partial charge on any atom is -0.370 e. The summed E-state index contributed by atoms with van der Waals surface area (Å²) in [6, 6.07) is 8.76. The van der Waals surface area contributed by atoms with Gasteiger partial charge < -0.3 is 10.2 Å².